The monoisotopic (exact) mass is 246 g/mol. The minimum Gasteiger partial charge on any atom is -0.383 e. The predicted molar refractivity (Wildman–Crippen MR) is 68.1 cm³/mol. The summed E-state index contributed by atoms with van der Waals surface area (Å²) in [6.07, 6.45) is 0. The second kappa shape index (κ2) is 6.21. The molecule has 0 bridgehead atoms. The van der Waals surface area contributed by atoms with E-state index >= 15 is 0 Å². The van der Waals surface area contributed by atoms with Gasteiger partial charge >= 0.3 is 0 Å². The van der Waals surface area contributed by atoms with Gasteiger partial charge in [0.15, 0.2) is 0 Å². The van der Waals surface area contributed by atoms with Gasteiger partial charge in [-0.05, 0) is 18.2 Å². The molecular formula is C11H16Cl2N2. The van der Waals surface area contributed by atoms with Crippen molar-refractivity contribution in [3.05, 3.63) is 28.2 Å². The van der Waals surface area contributed by atoms with Crippen molar-refractivity contribution in [1.82, 2.24) is 5.32 Å². The Morgan fingerprint density at radius 2 is 1.93 bits per heavy atom. The quantitative estimate of drug-likeness (QED) is 0.779. The Morgan fingerprint density at radius 3 is 2.53 bits per heavy atom. The molecule has 1 aromatic carbocycles. The fraction of sp³-hybridized carbons (Fsp3) is 0.455. The van der Waals surface area contributed by atoms with E-state index in [0.717, 1.165) is 18.8 Å². The highest BCUT2D eigenvalue weighted by Crippen LogP contribution is 2.24. The van der Waals surface area contributed by atoms with Crippen molar-refractivity contribution >= 4 is 28.9 Å². The van der Waals surface area contributed by atoms with E-state index in [0.29, 0.717) is 16.1 Å². The van der Waals surface area contributed by atoms with Crippen LogP contribution in [0.5, 0.6) is 0 Å². The molecule has 15 heavy (non-hydrogen) atoms. The van der Waals surface area contributed by atoms with E-state index in [1.54, 1.807) is 6.07 Å². The number of nitrogens with one attached hydrogen (secondary N) is 2. The van der Waals surface area contributed by atoms with Crippen LogP contribution in [0.25, 0.3) is 0 Å². The van der Waals surface area contributed by atoms with Crippen molar-refractivity contribution in [3.8, 4) is 0 Å². The fourth-order valence-electron chi connectivity index (χ4n) is 1.19. The van der Waals surface area contributed by atoms with Crippen LogP contribution in [-0.4, -0.2) is 19.1 Å². The summed E-state index contributed by atoms with van der Waals surface area (Å²) in [7, 11) is 0. The molecule has 1 aromatic rings. The Hall–Kier alpha value is -0.440. The first-order valence-electron chi connectivity index (χ1n) is 5.02. The lowest BCUT2D eigenvalue weighted by molar-refractivity contribution is 0.602. The van der Waals surface area contributed by atoms with Gasteiger partial charge in [0.1, 0.15) is 0 Å². The summed E-state index contributed by atoms with van der Waals surface area (Å²) in [5.74, 6) is 0. The SMILES string of the molecule is CC(C)NCCNc1ccc(Cl)cc1Cl. The molecule has 1 rings (SSSR count). The van der Waals surface area contributed by atoms with E-state index in [1.165, 1.54) is 0 Å². The zero-order valence-electron chi connectivity index (χ0n) is 8.98. The molecule has 0 saturated carbocycles. The van der Waals surface area contributed by atoms with E-state index in [-0.39, 0.29) is 0 Å². The standard InChI is InChI=1S/C11H16Cl2N2/c1-8(2)14-5-6-15-11-4-3-9(12)7-10(11)13/h3-4,7-8,14-15H,5-6H2,1-2H3. The van der Waals surface area contributed by atoms with Crippen LogP contribution in [0.15, 0.2) is 18.2 Å². The summed E-state index contributed by atoms with van der Waals surface area (Å²) >= 11 is 11.8. The Morgan fingerprint density at radius 1 is 1.20 bits per heavy atom. The lowest BCUT2D eigenvalue weighted by Gasteiger charge is -2.11. The molecule has 0 radical (unpaired) electrons. The third-order valence-corrected chi connectivity index (χ3v) is 2.47. The highest BCUT2D eigenvalue weighted by molar-refractivity contribution is 6.36. The number of hydrogen-bond acceptors (Lipinski definition) is 2. The zero-order valence-corrected chi connectivity index (χ0v) is 10.5. The molecule has 0 atom stereocenters. The number of anilines is 1. The molecule has 0 amide bonds. The molecule has 0 heterocycles. The number of halogens is 2. The molecule has 0 aliphatic carbocycles. The molecule has 4 heteroatoms. The molecule has 0 saturated heterocycles. The predicted octanol–water partition coefficient (Wildman–Crippen LogP) is 3.40. The molecule has 0 aromatic heterocycles. The van der Waals surface area contributed by atoms with E-state index in [9.17, 15) is 0 Å². The lowest BCUT2D eigenvalue weighted by Crippen LogP contribution is -2.28. The molecule has 2 nitrogen and oxygen atoms in total. The Bertz CT molecular complexity index is 313. The first kappa shape index (κ1) is 12.6. The zero-order chi connectivity index (χ0) is 11.3. The first-order valence-corrected chi connectivity index (χ1v) is 5.77. The van der Waals surface area contributed by atoms with Crippen LogP contribution in [-0.2, 0) is 0 Å². The summed E-state index contributed by atoms with van der Waals surface area (Å²) in [5.41, 5.74) is 0.923. The average Bonchev–Trinajstić information content (AvgIpc) is 2.14. The van der Waals surface area contributed by atoms with Gasteiger partial charge < -0.3 is 10.6 Å². The molecule has 0 aliphatic rings. The van der Waals surface area contributed by atoms with Crippen LogP contribution in [0, 0.1) is 0 Å². The van der Waals surface area contributed by atoms with Crippen molar-refractivity contribution in [3.63, 3.8) is 0 Å². The van der Waals surface area contributed by atoms with Gasteiger partial charge in [0.05, 0.1) is 10.7 Å². The van der Waals surface area contributed by atoms with Gasteiger partial charge in [-0.2, -0.15) is 0 Å². The van der Waals surface area contributed by atoms with Crippen LogP contribution < -0.4 is 10.6 Å². The third kappa shape index (κ3) is 4.74. The Balaban J connectivity index is 2.37. The summed E-state index contributed by atoms with van der Waals surface area (Å²) in [6.45, 7) is 6.00. The highest BCUT2D eigenvalue weighted by atomic mass is 35.5. The maximum absolute atomic E-state index is 6.00. The molecule has 84 valence electrons. The van der Waals surface area contributed by atoms with Crippen molar-refractivity contribution in [2.24, 2.45) is 0 Å². The summed E-state index contributed by atoms with van der Waals surface area (Å²) < 4.78 is 0. The summed E-state index contributed by atoms with van der Waals surface area (Å²) in [4.78, 5) is 0. The van der Waals surface area contributed by atoms with Gasteiger partial charge in [0, 0.05) is 24.2 Å². The van der Waals surface area contributed by atoms with Crippen molar-refractivity contribution in [2.45, 2.75) is 19.9 Å². The van der Waals surface area contributed by atoms with E-state index in [4.69, 9.17) is 23.2 Å². The molecular weight excluding hydrogens is 231 g/mol. The van der Waals surface area contributed by atoms with Gasteiger partial charge in [-0.1, -0.05) is 37.0 Å². The van der Waals surface area contributed by atoms with E-state index in [2.05, 4.69) is 24.5 Å². The van der Waals surface area contributed by atoms with Crippen LogP contribution in [0.2, 0.25) is 10.0 Å². The van der Waals surface area contributed by atoms with Crippen LogP contribution in [0.3, 0.4) is 0 Å². The van der Waals surface area contributed by atoms with Crippen LogP contribution in [0.1, 0.15) is 13.8 Å². The van der Waals surface area contributed by atoms with Gasteiger partial charge in [-0.15, -0.1) is 0 Å². The first-order chi connectivity index (χ1) is 7.09. The Labute approximate surface area is 101 Å². The second-order valence-electron chi connectivity index (χ2n) is 3.66. The number of benzene rings is 1. The molecule has 0 fully saturated rings. The summed E-state index contributed by atoms with van der Waals surface area (Å²) in [6, 6.07) is 5.96. The van der Waals surface area contributed by atoms with Crippen LogP contribution in [0.4, 0.5) is 5.69 Å². The minimum absolute atomic E-state index is 0.507. The molecule has 2 N–H and O–H groups in total. The van der Waals surface area contributed by atoms with Gasteiger partial charge in [-0.25, -0.2) is 0 Å². The number of hydrogen-bond donors (Lipinski definition) is 2. The lowest BCUT2D eigenvalue weighted by atomic mass is 10.3. The van der Waals surface area contributed by atoms with E-state index < -0.39 is 0 Å². The normalized spacial score (nSPS) is 10.7. The van der Waals surface area contributed by atoms with Gasteiger partial charge in [-0.3, -0.25) is 0 Å². The van der Waals surface area contributed by atoms with Gasteiger partial charge in [0.2, 0.25) is 0 Å². The topological polar surface area (TPSA) is 24.1 Å². The fourth-order valence-corrected chi connectivity index (χ4v) is 1.67. The Kier molecular flexibility index (Phi) is 5.23. The second-order valence-corrected chi connectivity index (χ2v) is 4.50. The smallest absolute Gasteiger partial charge is 0.0652 e. The van der Waals surface area contributed by atoms with Crippen molar-refractivity contribution < 1.29 is 0 Å². The number of rotatable bonds is 5. The van der Waals surface area contributed by atoms with Gasteiger partial charge in [0.25, 0.3) is 0 Å². The largest absolute Gasteiger partial charge is 0.383 e. The maximum Gasteiger partial charge on any atom is 0.0652 e. The average molecular weight is 247 g/mol. The molecule has 0 unspecified atom stereocenters. The summed E-state index contributed by atoms with van der Waals surface area (Å²) in [5, 5.41) is 7.87. The molecule has 0 aliphatic heterocycles. The molecule has 0 spiro atoms. The van der Waals surface area contributed by atoms with Crippen molar-refractivity contribution in [1.29, 1.82) is 0 Å². The maximum atomic E-state index is 6.00. The third-order valence-electron chi connectivity index (χ3n) is 1.92. The minimum atomic E-state index is 0.507. The van der Waals surface area contributed by atoms with E-state index in [1.807, 2.05) is 12.1 Å². The van der Waals surface area contributed by atoms with Crippen molar-refractivity contribution in [2.75, 3.05) is 18.4 Å². The van der Waals surface area contributed by atoms with Crippen LogP contribution >= 0.6 is 23.2 Å². The highest BCUT2D eigenvalue weighted by Gasteiger charge is 1.99.